The molecule has 0 amide bonds. The second kappa shape index (κ2) is 2.68. The van der Waals surface area contributed by atoms with Gasteiger partial charge in [0, 0.05) is 18.2 Å². The molecule has 0 saturated heterocycles. The summed E-state index contributed by atoms with van der Waals surface area (Å²) in [5.41, 5.74) is 2.12. The van der Waals surface area contributed by atoms with Crippen molar-refractivity contribution in [3.05, 3.63) is 23.8 Å². The number of hydrogen-bond acceptors (Lipinski definition) is 3. The maximum Gasteiger partial charge on any atom is 0.128 e. The Morgan fingerprint density at radius 3 is 3.17 bits per heavy atom. The molecule has 0 radical (unpaired) electrons. The molecule has 2 rings (SSSR count). The van der Waals surface area contributed by atoms with Gasteiger partial charge in [-0.05, 0) is 11.6 Å². The summed E-state index contributed by atoms with van der Waals surface area (Å²) in [6.07, 6.45) is 0.242. The lowest BCUT2D eigenvalue weighted by molar-refractivity contribution is 0.212. The second-order valence-corrected chi connectivity index (χ2v) is 2.89. The Morgan fingerprint density at radius 2 is 2.42 bits per heavy atom. The molecule has 2 N–H and O–H groups in total. The van der Waals surface area contributed by atoms with E-state index in [4.69, 9.17) is 4.74 Å². The van der Waals surface area contributed by atoms with Crippen LogP contribution in [-0.2, 0) is 6.42 Å². The van der Waals surface area contributed by atoms with Crippen LogP contribution in [0, 0.1) is 0 Å². The van der Waals surface area contributed by atoms with E-state index in [9.17, 15) is 5.11 Å². The Hall–Kier alpha value is -1.22. The number of fused-ring (bicyclic) bond motifs is 1. The van der Waals surface area contributed by atoms with Crippen LogP contribution in [0.4, 0.5) is 5.69 Å². The summed E-state index contributed by atoms with van der Waals surface area (Å²) in [4.78, 5) is 0. The monoisotopic (exact) mass is 165 g/mol. The third-order valence-electron chi connectivity index (χ3n) is 2.05. The minimum atomic E-state index is -0.438. The Morgan fingerprint density at radius 1 is 1.58 bits per heavy atom. The van der Waals surface area contributed by atoms with Crippen LogP contribution >= 0.6 is 0 Å². The fraction of sp³-hybridized carbons (Fsp3) is 0.333. The first kappa shape index (κ1) is 7.43. The van der Waals surface area contributed by atoms with E-state index >= 15 is 0 Å². The highest BCUT2D eigenvalue weighted by molar-refractivity contribution is 5.59. The Kier molecular flexibility index (Phi) is 1.66. The topological polar surface area (TPSA) is 41.5 Å². The van der Waals surface area contributed by atoms with E-state index in [0.717, 1.165) is 17.0 Å². The molecular formula is C9H11NO2. The van der Waals surface area contributed by atoms with Crippen LogP contribution in [0.3, 0.4) is 0 Å². The average molecular weight is 165 g/mol. The molecule has 3 heteroatoms. The summed E-state index contributed by atoms with van der Waals surface area (Å²) in [5.74, 6) is 0.815. The molecule has 1 aromatic carbocycles. The van der Waals surface area contributed by atoms with Crippen molar-refractivity contribution < 1.29 is 9.84 Å². The molecule has 1 aliphatic heterocycles. The molecule has 0 bridgehead atoms. The van der Waals surface area contributed by atoms with Crippen molar-refractivity contribution in [3.63, 3.8) is 0 Å². The fourth-order valence-electron chi connectivity index (χ4n) is 1.43. The van der Waals surface area contributed by atoms with Crippen LogP contribution in [0.25, 0.3) is 0 Å². The lowest BCUT2D eigenvalue weighted by Gasteiger charge is -2.03. The van der Waals surface area contributed by atoms with E-state index in [2.05, 4.69) is 5.32 Å². The molecule has 0 saturated carbocycles. The van der Waals surface area contributed by atoms with E-state index in [1.54, 1.807) is 7.11 Å². The lowest BCUT2D eigenvalue weighted by atomic mass is 10.1. The highest BCUT2D eigenvalue weighted by Crippen LogP contribution is 2.28. The smallest absolute Gasteiger partial charge is 0.128 e. The van der Waals surface area contributed by atoms with Gasteiger partial charge < -0.3 is 15.2 Å². The minimum Gasteiger partial charge on any atom is -0.497 e. The van der Waals surface area contributed by atoms with Crippen molar-refractivity contribution in [2.75, 3.05) is 12.4 Å². The maximum atomic E-state index is 9.26. The van der Waals surface area contributed by atoms with Gasteiger partial charge in [0.2, 0.25) is 0 Å². The number of ether oxygens (including phenoxy) is 1. The molecule has 0 fully saturated rings. The number of aliphatic hydroxyl groups is 1. The van der Waals surface area contributed by atoms with E-state index in [-0.39, 0.29) is 0 Å². The van der Waals surface area contributed by atoms with E-state index in [1.807, 2.05) is 18.2 Å². The van der Waals surface area contributed by atoms with Crippen LogP contribution in [0.5, 0.6) is 5.75 Å². The molecule has 3 nitrogen and oxygen atoms in total. The van der Waals surface area contributed by atoms with Crippen LogP contribution < -0.4 is 10.1 Å². The standard InChI is InChI=1S/C9H11NO2/c1-12-7-3-2-6-4-9(11)10-8(6)5-7/h2-3,5,9-11H,4H2,1H3. The van der Waals surface area contributed by atoms with Gasteiger partial charge in [-0.15, -0.1) is 0 Å². The normalized spacial score (nSPS) is 20.0. The van der Waals surface area contributed by atoms with Crippen LogP contribution in [0.2, 0.25) is 0 Å². The number of anilines is 1. The van der Waals surface area contributed by atoms with E-state index < -0.39 is 6.23 Å². The van der Waals surface area contributed by atoms with Crippen molar-refractivity contribution in [2.45, 2.75) is 12.6 Å². The predicted molar refractivity (Wildman–Crippen MR) is 46.3 cm³/mol. The van der Waals surface area contributed by atoms with Crippen molar-refractivity contribution >= 4 is 5.69 Å². The molecule has 64 valence electrons. The highest BCUT2D eigenvalue weighted by Gasteiger charge is 2.17. The van der Waals surface area contributed by atoms with Gasteiger partial charge in [-0.25, -0.2) is 0 Å². The number of nitrogens with one attached hydrogen (secondary N) is 1. The van der Waals surface area contributed by atoms with Gasteiger partial charge in [0.25, 0.3) is 0 Å². The lowest BCUT2D eigenvalue weighted by Crippen LogP contribution is -2.12. The van der Waals surface area contributed by atoms with Gasteiger partial charge in [0.05, 0.1) is 7.11 Å². The summed E-state index contributed by atoms with van der Waals surface area (Å²) >= 11 is 0. The first-order chi connectivity index (χ1) is 5.79. The van der Waals surface area contributed by atoms with Crippen molar-refractivity contribution in [3.8, 4) is 5.75 Å². The van der Waals surface area contributed by atoms with Crippen molar-refractivity contribution in [1.82, 2.24) is 0 Å². The summed E-state index contributed by atoms with van der Waals surface area (Å²) < 4.78 is 5.05. The second-order valence-electron chi connectivity index (χ2n) is 2.89. The Labute approximate surface area is 71.0 Å². The zero-order valence-electron chi connectivity index (χ0n) is 6.87. The van der Waals surface area contributed by atoms with E-state index in [1.165, 1.54) is 0 Å². The number of rotatable bonds is 1. The number of methoxy groups -OCH3 is 1. The van der Waals surface area contributed by atoms with Crippen LogP contribution in [0.1, 0.15) is 5.56 Å². The molecule has 1 aliphatic rings. The third kappa shape index (κ3) is 1.12. The van der Waals surface area contributed by atoms with Gasteiger partial charge in [-0.3, -0.25) is 0 Å². The molecule has 1 unspecified atom stereocenters. The molecule has 0 aliphatic carbocycles. The summed E-state index contributed by atoms with van der Waals surface area (Å²) in [7, 11) is 1.63. The fourth-order valence-corrected chi connectivity index (χ4v) is 1.43. The number of benzene rings is 1. The zero-order valence-corrected chi connectivity index (χ0v) is 6.87. The third-order valence-corrected chi connectivity index (χ3v) is 2.05. The molecule has 12 heavy (non-hydrogen) atoms. The Balaban J connectivity index is 2.35. The molecular weight excluding hydrogens is 154 g/mol. The summed E-state index contributed by atoms with van der Waals surface area (Å²) in [5, 5.41) is 12.2. The summed E-state index contributed by atoms with van der Waals surface area (Å²) in [6, 6.07) is 5.77. The van der Waals surface area contributed by atoms with Gasteiger partial charge >= 0.3 is 0 Å². The highest BCUT2D eigenvalue weighted by atomic mass is 16.5. The molecule has 0 aromatic heterocycles. The molecule has 1 aromatic rings. The van der Waals surface area contributed by atoms with Crippen LogP contribution in [0.15, 0.2) is 18.2 Å². The molecule has 1 atom stereocenters. The predicted octanol–water partition coefficient (Wildman–Crippen LogP) is 0.982. The van der Waals surface area contributed by atoms with Crippen molar-refractivity contribution in [1.29, 1.82) is 0 Å². The zero-order chi connectivity index (χ0) is 8.55. The number of hydrogen-bond donors (Lipinski definition) is 2. The van der Waals surface area contributed by atoms with Gasteiger partial charge in [0.15, 0.2) is 0 Å². The maximum absolute atomic E-state index is 9.26. The molecule has 1 heterocycles. The van der Waals surface area contributed by atoms with Gasteiger partial charge in [-0.1, -0.05) is 6.07 Å². The first-order valence-corrected chi connectivity index (χ1v) is 3.91. The Bertz CT molecular complexity index is 299. The SMILES string of the molecule is COc1ccc2c(c1)NC(O)C2. The van der Waals surface area contributed by atoms with Gasteiger partial charge in [0.1, 0.15) is 12.0 Å². The minimum absolute atomic E-state index is 0.438. The molecule has 0 spiro atoms. The largest absolute Gasteiger partial charge is 0.497 e. The van der Waals surface area contributed by atoms with Crippen molar-refractivity contribution in [2.24, 2.45) is 0 Å². The summed E-state index contributed by atoms with van der Waals surface area (Å²) in [6.45, 7) is 0. The van der Waals surface area contributed by atoms with E-state index in [0.29, 0.717) is 6.42 Å². The first-order valence-electron chi connectivity index (χ1n) is 3.91. The quantitative estimate of drug-likeness (QED) is 0.651. The number of aliphatic hydroxyl groups excluding tert-OH is 1. The average Bonchev–Trinajstić information content (AvgIpc) is 2.43. The van der Waals surface area contributed by atoms with Crippen LogP contribution in [-0.4, -0.2) is 18.4 Å². The van der Waals surface area contributed by atoms with Gasteiger partial charge in [-0.2, -0.15) is 0 Å².